The first-order valence-electron chi connectivity index (χ1n) is 6.74. The molecule has 3 rings (SSSR count). The highest BCUT2D eigenvalue weighted by Crippen LogP contribution is 2.43. The summed E-state index contributed by atoms with van der Waals surface area (Å²) in [6.07, 6.45) is 0. The van der Waals surface area contributed by atoms with E-state index in [1.165, 1.54) is 11.1 Å². The minimum Gasteiger partial charge on any atom is -0.497 e. The van der Waals surface area contributed by atoms with E-state index in [0.29, 0.717) is 18.0 Å². The van der Waals surface area contributed by atoms with E-state index in [1.807, 2.05) is 12.1 Å². The number of hydrogen-bond donors (Lipinski definition) is 1. The number of benzene rings is 2. The summed E-state index contributed by atoms with van der Waals surface area (Å²) < 4.78 is 5.20. The lowest BCUT2D eigenvalue weighted by molar-refractivity contribution is 0.161. The molecule has 0 aromatic heterocycles. The molecule has 1 heterocycles. The van der Waals surface area contributed by atoms with Crippen LogP contribution >= 0.6 is 0 Å². The molecule has 0 radical (unpaired) electrons. The summed E-state index contributed by atoms with van der Waals surface area (Å²) in [4.78, 5) is 0. The molecule has 0 saturated carbocycles. The Kier molecular flexibility index (Phi) is 3.26. The molecule has 0 bridgehead atoms. The van der Waals surface area contributed by atoms with Crippen molar-refractivity contribution in [3.63, 3.8) is 0 Å². The zero-order chi connectivity index (χ0) is 13.2. The van der Waals surface area contributed by atoms with E-state index in [4.69, 9.17) is 4.74 Å². The van der Waals surface area contributed by atoms with Gasteiger partial charge in [0.1, 0.15) is 5.75 Å². The molecule has 0 spiro atoms. The van der Waals surface area contributed by atoms with Crippen LogP contribution in [-0.2, 0) is 0 Å². The third kappa shape index (κ3) is 2.24. The molecule has 1 N–H and O–H groups in total. The van der Waals surface area contributed by atoms with Gasteiger partial charge in [0.2, 0.25) is 0 Å². The van der Waals surface area contributed by atoms with Gasteiger partial charge in [-0.2, -0.15) is 0 Å². The van der Waals surface area contributed by atoms with E-state index < -0.39 is 0 Å². The Morgan fingerprint density at radius 1 is 0.842 bits per heavy atom. The Morgan fingerprint density at radius 3 is 1.95 bits per heavy atom. The summed E-state index contributed by atoms with van der Waals surface area (Å²) in [5, 5.41) is 3.66. The van der Waals surface area contributed by atoms with Crippen LogP contribution in [0.25, 0.3) is 0 Å². The van der Waals surface area contributed by atoms with Crippen molar-refractivity contribution in [3.8, 4) is 5.75 Å². The summed E-state index contributed by atoms with van der Waals surface area (Å²) >= 11 is 0. The highest BCUT2D eigenvalue weighted by atomic mass is 16.5. The Bertz CT molecular complexity index is 535. The van der Waals surface area contributed by atoms with Gasteiger partial charge in [-0.25, -0.2) is 0 Å². The highest BCUT2D eigenvalue weighted by molar-refractivity contribution is 5.33. The van der Waals surface area contributed by atoms with Crippen LogP contribution in [0.1, 0.15) is 30.1 Å². The molecule has 1 saturated heterocycles. The minimum atomic E-state index is 0.441. The smallest absolute Gasteiger partial charge is 0.118 e. The Morgan fingerprint density at radius 2 is 1.42 bits per heavy atom. The van der Waals surface area contributed by atoms with Gasteiger partial charge in [0, 0.05) is 12.1 Å². The van der Waals surface area contributed by atoms with Crippen molar-refractivity contribution in [2.75, 3.05) is 7.11 Å². The van der Waals surface area contributed by atoms with E-state index in [-0.39, 0.29) is 0 Å². The minimum absolute atomic E-state index is 0.441. The summed E-state index contributed by atoms with van der Waals surface area (Å²) in [7, 11) is 1.70. The van der Waals surface area contributed by atoms with Crippen LogP contribution in [-0.4, -0.2) is 7.11 Å². The maximum absolute atomic E-state index is 5.20. The van der Waals surface area contributed by atoms with Crippen LogP contribution in [0.2, 0.25) is 0 Å². The molecule has 3 atom stereocenters. The Balaban J connectivity index is 1.72. The van der Waals surface area contributed by atoms with Gasteiger partial charge in [0.25, 0.3) is 0 Å². The lowest BCUT2D eigenvalue weighted by Gasteiger charge is -2.45. The fourth-order valence-corrected chi connectivity index (χ4v) is 2.84. The molecule has 2 aromatic rings. The SMILES string of the molecule is COc1ccc([C@@H]2N[C@H](c3ccccc3)[C@H]2C)cc1. The molecule has 2 heteroatoms. The molecule has 0 amide bonds. The molecule has 1 aliphatic heterocycles. The molecular weight excluding hydrogens is 234 g/mol. The van der Waals surface area contributed by atoms with Crippen LogP contribution in [0, 0.1) is 5.92 Å². The first-order valence-corrected chi connectivity index (χ1v) is 6.74. The molecule has 1 aliphatic rings. The van der Waals surface area contributed by atoms with Crippen molar-refractivity contribution < 1.29 is 4.74 Å². The van der Waals surface area contributed by atoms with Crippen LogP contribution in [0.5, 0.6) is 5.75 Å². The first-order chi connectivity index (χ1) is 9.29. The molecule has 2 nitrogen and oxygen atoms in total. The monoisotopic (exact) mass is 253 g/mol. The van der Waals surface area contributed by atoms with Gasteiger partial charge < -0.3 is 10.1 Å². The van der Waals surface area contributed by atoms with Crippen molar-refractivity contribution in [1.82, 2.24) is 5.32 Å². The maximum Gasteiger partial charge on any atom is 0.118 e. The quantitative estimate of drug-likeness (QED) is 0.900. The van der Waals surface area contributed by atoms with Crippen LogP contribution in [0.4, 0.5) is 0 Å². The highest BCUT2D eigenvalue weighted by Gasteiger charge is 2.38. The molecule has 0 unspecified atom stereocenters. The Labute approximate surface area is 114 Å². The average molecular weight is 253 g/mol. The molecule has 98 valence electrons. The van der Waals surface area contributed by atoms with Crippen LogP contribution in [0.15, 0.2) is 54.6 Å². The summed E-state index contributed by atoms with van der Waals surface area (Å²) in [5.74, 6) is 1.52. The maximum atomic E-state index is 5.20. The average Bonchev–Trinajstić information content (AvgIpc) is 2.47. The van der Waals surface area contributed by atoms with Gasteiger partial charge in [-0.15, -0.1) is 0 Å². The van der Waals surface area contributed by atoms with Crippen molar-refractivity contribution in [3.05, 3.63) is 65.7 Å². The van der Waals surface area contributed by atoms with Gasteiger partial charge in [-0.1, -0.05) is 49.4 Å². The predicted molar refractivity (Wildman–Crippen MR) is 77.2 cm³/mol. The zero-order valence-corrected chi connectivity index (χ0v) is 11.3. The normalized spacial score (nSPS) is 25.7. The zero-order valence-electron chi connectivity index (χ0n) is 11.3. The third-order valence-corrected chi connectivity index (χ3v) is 4.04. The van der Waals surface area contributed by atoms with Crippen LogP contribution < -0.4 is 10.1 Å². The first kappa shape index (κ1) is 12.2. The van der Waals surface area contributed by atoms with E-state index >= 15 is 0 Å². The summed E-state index contributed by atoms with van der Waals surface area (Å²) in [6.45, 7) is 2.31. The second-order valence-electron chi connectivity index (χ2n) is 5.16. The molecule has 19 heavy (non-hydrogen) atoms. The second kappa shape index (κ2) is 5.06. The Hall–Kier alpha value is -1.80. The van der Waals surface area contributed by atoms with Crippen molar-refractivity contribution in [2.24, 2.45) is 5.92 Å². The molecule has 0 aliphatic carbocycles. The lowest BCUT2D eigenvalue weighted by Crippen LogP contribution is -2.47. The second-order valence-corrected chi connectivity index (χ2v) is 5.16. The number of nitrogens with one attached hydrogen (secondary N) is 1. The third-order valence-electron chi connectivity index (χ3n) is 4.04. The number of hydrogen-bond acceptors (Lipinski definition) is 2. The van der Waals surface area contributed by atoms with E-state index in [1.54, 1.807) is 7.11 Å². The van der Waals surface area contributed by atoms with Gasteiger partial charge in [-0.3, -0.25) is 0 Å². The van der Waals surface area contributed by atoms with Crippen molar-refractivity contribution >= 4 is 0 Å². The largest absolute Gasteiger partial charge is 0.497 e. The van der Waals surface area contributed by atoms with Gasteiger partial charge in [-0.05, 0) is 29.2 Å². The fraction of sp³-hybridized carbons (Fsp3) is 0.294. The molecule has 2 aromatic carbocycles. The van der Waals surface area contributed by atoms with E-state index in [9.17, 15) is 0 Å². The van der Waals surface area contributed by atoms with E-state index in [2.05, 4.69) is 54.7 Å². The van der Waals surface area contributed by atoms with Gasteiger partial charge in [0.15, 0.2) is 0 Å². The topological polar surface area (TPSA) is 21.3 Å². The number of ether oxygens (including phenoxy) is 1. The van der Waals surface area contributed by atoms with E-state index in [0.717, 1.165) is 5.75 Å². The predicted octanol–water partition coefficient (Wildman–Crippen LogP) is 3.72. The standard InChI is InChI=1S/C17H19NO/c1-12-16(13-6-4-3-5-7-13)18-17(12)14-8-10-15(19-2)11-9-14/h3-12,16-18H,1-2H3/t12-,16+,17-/m1/s1. The number of rotatable bonds is 3. The molecule has 1 fully saturated rings. The van der Waals surface area contributed by atoms with Crippen molar-refractivity contribution in [2.45, 2.75) is 19.0 Å². The summed E-state index contributed by atoms with van der Waals surface area (Å²) in [5.41, 5.74) is 2.71. The van der Waals surface area contributed by atoms with Gasteiger partial charge in [0.05, 0.1) is 7.11 Å². The molecular formula is C17H19NO. The number of methoxy groups -OCH3 is 1. The van der Waals surface area contributed by atoms with Crippen molar-refractivity contribution in [1.29, 1.82) is 0 Å². The van der Waals surface area contributed by atoms with Crippen LogP contribution in [0.3, 0.4) is 0 Å². The lowest BCUT2D eigenvalue weighted by atomic mass is 9.77. The van der Waals surface area contributed by atoms with Gasteiger partial charge >= 0.3 is 0 Å². The summed E-state index contributed by atoms with van der Waals surface area (Å²) in [6, 6.07) is 19.9. The fourth-order valence-electron chi connectivity index (χ4n) is 2.84.